The number of aromatic nitrogens is 2. The molecule has 0 aromatic carbocycles. The molecule has 0 aliphatic carbocycles. The van der Waals surface area contributed by atoms with E-state index < -0.39 is 0 Å². The lowest BCUT2D eigenvalue weighted by molar-refractivity contribution is -0.146. The minimum atomic E-state index is -0.178. The predicted octanol–water partition coefficient (Wildman–Crippen LogP) is 2.12. The van der Waals surface area contributed by atoms with Gasteiger partial charge in [0.25, 0.3) is 0 Å². The maximum absolute atomic E-state index is 13.0. The maximum Gasteiger partial charge on any atom is 0.230 e. The second-order valence-corrected chi connectivity index (χ2v) is 8.20. The average Bonchev–Trinajstić information content (AvgIpc) is 3.17. The molecule has 3 heterocycles. The molecule has 0 unspecified atom stereocenters. The molecule has 2 fully saturated rings. The highest BCUT2D eigenvalue weighted by Gasteiger charge is 2.48. The third-order valence-corrected chi connectivity index (χ3v) is 6.04. The van der Waals surface area contributed by atoms with E-state index in [4.69, 9.17) is 4.74 Å². The molecular weight excluding hydrogens is 324 g/mol. The molecule has 134 valence electrons. The van der Waals surface area contributed by atoms with Gasteiger partial charge in [-0.15, -0.1) is 5.10 Å². The smallest absolute Gasteiger partial charge is 0.230 e. The molecule has 2 saturated heterocycles. The van der Waals surface area contributed by atoms with E-state index in [0.717, 1.165) is 51.1 Å². The molecule has 0 bridgehead atoms. The van der Waals surface area contributed by atoms with Crippen LogP contribution in [0.5, 0.6) is 0 Å². The summed E-state index contributed by atoms with van der Waals surface area (Å²) in [4.78, 5) is 18.7. The number of ether oxygens (including phenoxy) is 1. The van der Waals surface area contributed by atoms with Crippen LogP contribution in [-0.4, -0.2) is 65.2 Å². The van der Waals surface area contributed by atoms with Gasteiger partial charge in [0, 0.05) is 33.3 Å². The summed E-state index contributed by atoms with van der Waals surface area (Å²) in [7, 11) is 1.69. The van der Waals surface area contributed by atoms with Crippen molar-refractivity contribution in [1.82, 2.24) is 19.4 Å². The van der Waals surface area contributed by atoms with Crippen LogP contribution in [0.1, 0.15) is 49.6 Å². The Bertz CT molecular complexity index is 577. The molecule has 0 saturated carbocycles. The number of carbonyl (C=O) groups is 1. The van der Waals surface area contributed by atoms with Crippen molar-refractivity contribution in [3.8, 4) is 0 Å². The highest BCUT2D eigenvalue weighted by Crippen LogP contribution is 2.40. The van der Waals surface area contributed by atoms with Gasteiger partial charge in [0.15, 0.2) is 0 Å². The Labute approximate surface area is 148 Å². The van der Waals surface area contributed by atoms with E-state index in [2.05, 4.69) is 28.3 Å². The molecule has 0 N–H and O–H groups in total. The first-order chi connectivity index (χ1) is 11.6. The molecule has 1 atom stereocenters. The number of likely N-dealkylation sites (tertiary alicyclic amines) is 2. The summed E-state index contributed by atoms with van der Waals surface area (Å²) in [6, 6.07) is 0. The fourth-order valence-electron chi connectivity index (χ4n) is 4.01. The van der Waals surface area contributed by atoms with Gasteiger partial charge in [-0.2, -0.15) is 0 Å². The van der Waals surface area contributed by atoms with Crippen molar-refractivity contribution in [3.63, 3.8) is 0 Å². The topological polar surface area (TPSA) is 58.6 Å². The molecule has 2 aliphatic heterocycles. The Hall–Kier alpha value is -1.05. The third kappa shape index (κ3) is 3.48. The number of hydrogen-bond acceptors (Lipinski definition) is 6. The number of hydrogen-bond donors (Lipinski definition) is 0. The highest BCUT2D eigenvalue weighted by atomic mass is 32.1. The number of methoxy groups -OCH3 is 1. The van der Waals surface area contributed by atoms with Gasteiger partial charge < -0.3 is 9.64 Å². The molecule has 0 radical (unpaired) electrons. The van der Waals surface area contributed by atoms with Crippen molar-refractivity contribution in [1.29, 1.82) is 0 Å². The van der Waals surface area contributed by atoms with Crippen LogP contribution >= 0.6 is 11.5 Å². The van der Waals surface area contributed by atoms with Gasteiger partial charge >= 0.3 is 0 Å². The number of piperidine rings is 1. The lowest BCUT2D eigenvalue weighted by atomic mass is 9.78. The van der Waals surface area contributed by atoms with Crippen molar-refractivity contribution in [3.05, 3.63) is 10.6 Å². The zero-order valence-electron chi connectivity index (χ0n) is 15.0. The first kappa shape index (κ1) is 17.8. The summed E-state index contributed by atoms with van der Waals surface area (Å²) in [6.07, 6.45) is 3.09. The summed E-state index contributed by atoms with van der Waals surface area (Å²) in [5.41, 5.74) is 0.930. The minimum Gasteiger partial charge on any atom is -0.383 e. The van der Waals surface area contributed by atoms with Crippen molar-refractivity contribution >= 4 is 17.4 Å². The van der Waals surface area contributed by atoms with Crippen molar-refractivity contribution in [2.45, 2.75) is 45.6 Å². The van der Waals surface area contributed by atoms with E-state index in [1.54, 1.807) is 7.11 Å². The van der Waals surface area contributed by atoms with Crippen LogP contribution in [-0.2, 0) is 16.1 Å². The maximum atomic E-state index is 13.0. The molecular formula is C17H28N4O2S. The van der Waals surface area contributed by atoms with Crippen LogP contribution in [0.4, 0.5) is 0 Å². The molecule has 1 aromatic heterocycles. The third-order valence-electron chi connectivity index (χ3n) is 5.32. The SMILES string of the molecule is COCCN1CCC[C@@]2(CCN(Cc3snnc3C(C)C)C2)C1=O. The molecule has 7 heteroatoms. The average molecular weight is 353 g/mol. The van der Waals surface area contributed by atoms with Crippen LogP contribution in [0.2, 0.25) is 0 Å². The van der Waals surface area contributed by atoms with Crippen LogP contribution in [0, 0.1) is 5.41 Å². The second kappa shape index (κ2) is 7.45. The van der Waals surface area contributed by atoms with E-state index in [1.807, 2.05) is 4.90 Å². The molecule has 2 aliphatic rings. The standard InChI is InChI=1S/C17H28N4O2S/c1-13(2)15-14(24-19-18-15)11-20-8-6-17(12-20)5-4-7-21(16(17)22)9-10-23-3/h13H,4-12H2,1-3H3/t17-/m0/s1. The molecule has 6 nitrogen and oxygen atoms in total. The number of nitrogens with zero attached hydrogens (tertiary/aromatic N) is 4. The van der Waals surface area contributed by atoms with Crippen LogP contribution in [0.15, 0.2) is 0 Å². The first-order valence-corrected chi connectivity index (χ1v) is 9.65. The van der Waals surface area contributed by atoms with E-state index in [0.29, 0.717) is 25.0 Å². The number of amides is 1. The molecule has 1 amide bonds. The second-order valence-electron chi connectivity index (χ2n) is 7.37. The van der Waals surface area contributed by atoms with Gasteiger partial charge in [-0.3, -0.25) is 9.69 Å². The van der Waals surface area contributed by atoms with E-state index in [9.17, 15) is 4.79 Å². The van der Waals surface area contributed by atoms with Gasteiger partial charge in [0.1, 0.15) is 0 Å². The summed E-state index contributed by atoms with van der Waals surface area (Å²) >= 11 is 1.50. The van der Waals surface area contributed by atoms with E-state index in [1.165, 1.54) is 16.4 Å². The van der Waals surface area contributed by atoms with Gasteiger partial charge in [0.05, 0.1) is 22.6 Å². The van der Waals surface area contributed by atoms with Gasteiger partial charge in [0.2, 0.25) is 5.91 Å². The first-order valence-electron chi connectivity index (χ1n) is 8.87. The Morgan fingerprint density at radius 2 is 2.17 bits per heavy atom. The Morgan fingerprint density at radius 3 is 2.92 bits per heavy atom. The summed E-state index contributed by atoms with van der Waals surface area (Å²) in [5, 5.41) is 4.28. The number of rotatable bonds is 6. The van der Waals surface area contributed by atoms with Gasteiger partial charge in [-0.05, 0) is 43.3 Å². The Balaban J connectivity index is 1.65. The molecule has 3 rings (SSSR count). The predicted molar refractivity (Wildman–Crippen MR) is 94.0 cm³/mol. The van der Waals surface area contributed by atoms with Gasteiger partial charge in [-0.25, -0.2) is 0 Å². The monoisotopic (exact) mass is 352 g/mol. The largest absolute Gasteiger partial charge is 0.383 e. The quantitative estimate of drug-likeness (QED) is 0.785. The highest BCUT2D eigenvalue weighted by molar-refractivity contribution is 7.05. The zero-order valence-corrected chi connectivity index (χ0v) is 15.8. The van der Waals surface area contributed by atoms with Gasteiger partial charge in [-0.1, -0.05) is 18.3 Å². The van der Waals surface area contributed by atoms with Crippen LogP contribution in [0.3, 0.4) is 0 Å². The van der Waals surface area contributed by atoms with Crippen LogP contribution in [0.25, 0.3) is 0 Å². The Morgan fingerprint density at radius 1 is 1.33 bits per heavy atom. The minimum absolute atomic E-state index is 0.178. The van der Waals surface area contributed by atoms with Crippen molar-refractivity contribution in [2.24, 2.45) is 5.41 Å². The molecule has 24 heavy (non-hydrogen) atoms. The molecule has 1 spiro atoms. The van der Waals surface area contributed by atoms with Crippen molar-refractivity contribution in [2.75, 3.05) is 39.9 Å². The van der Waals surface area contributed by atoms with Crippen molar-refractivity contribution < 1.29 is 9.53 Å². The zero-order chi connectivity index (χ0) is 17.2. The summed E-state index contributed by atoms with van der Waals surface area (Å²) < 4.78 is 9.28. The normalized spacial score (nSPS) is 25.3. The number of carbonyl (C=O) groups excluding carboxylic acids is 1. The van der Waals surface area contributed by atoms with Crippen LogP contribution < -0.4 is 0 Å². The lowest BCUT2D eigenvalue weighted by Gasteiger charge is -2.39. The van der Waals surface area contributed by atoms with E-state index >= 15 is 0 Å². The Kier molecular flexibility index (Phi) is 5.52. The fourth-order valence-corrected chi connectivity index (χ4v) is 4.84. The molecule has 1 aromatic rings. The summed E-state index contributed by atoms with van der Waals surface area (Å²) in [6.45, 7) is 9.25. The fraction of sp³-hybridized carbons (Fsp3) is 0.824. The summed E-state index contributed by atoms with van der Waals surface area (Å²) in [5.74, 6) is 0.732. The van der Waals surface area contributed by atoms with E-state index in [-0.39, 0.29) is 5.41 Å². The lowest BCUT2D eigenvalue weighted by Crippen LogP contribution is -2.50.